The van der Waals surface area contributed by atoms with E-state index in [1.165, 1.54) is 0 Å². The van der Waals surface area contributed by atoms with Crippen molar-refractivity contribution in [3.63, 3.8) is 0 Å². The third-order valence-electron chi connectivity index (χ3n) is 3.89. The van der Waals surface area contributed by atoms with Crippen molar-refractivity contribution in [3.05, 3.63) is 0 Å². The standard InChI is InChI=1S/C16H31NO4/c1-11-12-13(21-15(5,6)7)16(20-11,10-19-17(12)8)9-18-14(2,3)4/h11-13H,9-10H2,1-8H3/t11-,12?,13+,16-/m0/s1. The van der Waals surface area contributed by atoms with Crippen molar-refractivity contribution in [2.45, 2.75) is 83.5 Å². The number of likely N-dealkylation sites (N-methyl/N-ethyl adjacent to an activating group) is 1. The lowest BCUT2D eigenvalue weighted by molar-refractivity contribution is -0.285. The number of ether oxygens (including phenoxy) is 3. The van der Waals surface area contributed by atoms with Crippen molar-refractivity contribution in [2.75, 3.05) is 20.3 Å². The summed E-state index contributed by atoms with van der Waals surface area (Å²) in [5, 5.41) is 1.88. The van der Waals surface area contributed by atoms with Crippen LogP contribution in [-0.2, 0) is 19.0 Å². The van der Waals surface area contributed by atoms with Crippen LogP contribution in [0.25, 0.3) is 0 Å². The van der Waals surface area contributed by atoms with Crippen LogP contribution in [0.2, 0.25) is 0 Å². The molecule has 5 heteroatoms. The topological polar surface area (TPSA) is 40.2 Å². The average Bonchev–Trinajstić information content (AvgIpc) is 2.45. The normalized spacial score (nSPS) is 38.0. The van der Waals surface area contributed by atoms with Crippen LogP contribution >= 0.6 is 0 Å². The van der Waals surface area contributed by atoms with Crippen molar-refractivity contribution < 1.29 is 19.0 Å². The van der Waals surface area contributed by atoms with Crippen LogP contribution in [0.3, 0.4) is 0 Å². The first kappa shape index (κ1) is 17.2. The number of nitrogens with zero attached hydrogens (tertiary/aromatic N) is 1. The molecule has 2 heterocycles. The van der Waals surface area contributed by atoms with E-state index < -0.39 is 5.60 Å². The molecule has 0 radical (unpaired) electrons. The summed E-state index contributed by atoms with van der Waals surface area (Å²) in [4.78, 5) is 5.80. The van der Waals surface area contributed by atoms with Gasteiger partial charge in [-0.1, -0.05) is 0 Å². The summed E-state index contributed by atoms with van der Waals surface area (Å²) in [5.41, 5.74) is -0.978. The third kappa shape index (κ3) is 3.77. The number of hydrogen-bond donors (Lipinski definition) is 0. The third-order valence-corrected chi connectivity index (χ3v) is 3.89. The SMILES string of the molecule is C[C@@H]1O[C@@]2(COC(C)(C)C)CON(C)C1[C@H]2OC(C)(C)C. The lowest BCUT2D eigenvalue weighted by Gasteiger charge is -2.45. The van der Waals surface area contributed by atoms with E-state index in [-0.39, 0.29) is 29.5 Å². The van der Waals surface area contributed by atoms with Gasteiger partial charge in [0.2, 0.25) is 0 Å². The van der Waals surface area contributed by atoms with Crippen molar-refractivity contribution in [3.8, 4) is 0 Å². The Balaban J connectivity index is 2.23. The van der Waals surface area contributed by atoms with Crippen molar-refractivity contribution in [2.24, 2.45) is 0 Å². The van der Waals surface area contributed by atoms with E-state index in [1.54, 1.807) is 0 Å². The van der Waals surface area contributed by atoms with Gasteiger partial charge in [0, 0.05) is 7.05 Å². The van der Waals surface area contributed by atoms with Crippen molar-refractivity contribution >= 4 is 0 Å². The zero-order valence-electron chi connectivity index (χ0n) is 14.7. The van der Waals surface area contributed by atoms with Crippen molar-refractivity contribution in [1.29, 1.82) is 0 Å². The Hall–Kier alpha value is -0.200. The molecule has 2 bridgehead atoms. The smallest absolute Gasteiger partial charge is 0.145 e. The van der Waals surface area contributed by atoms with E-state index in [0.717, 1.165) is 0 Å². The summed E-state index contributed by atoms with van der Waals surface area (Å²) < 4.78 is 18.6. The van der Waals surface area contributed by atoms with E-state index in [4.69, 9.17) is 19.0 Å². The van der Waals surface area contributed by atoms with Gasteiger partial charge in [-0.3, -0.25) is 4.84 Å². The van der Waals surface area contributed by atoms with Gasteiger partial charge in [-0.2, -0.15) is 5.06 Å². The second-order valence-electron chi connectivity index (χ2n) is 8.25. The van der Waals surface area contributed by atoms with E-state index in [1.807, 2.05) is 12.1 Å². The first-order chi connectivity index (χ1) is 9.44. The van der Waals surface area contributed by atoms with Crippen LogP contribution in [0.15, 0.2) is 0 Å². The molecule has 0 aliphatic carbocycles. The molecule has 0 aromatic carbocycles. The molecule has 2 fully saturated rings. The van der Waals surface area contributed by atoms with Gasteiger partial charge in [0.25, 0.3) is 0 Å². The molecular formula is C16H31NO4. The quantitative estimate of drug-likeness (QED) is 0.800. The molecule has 0 aromatic rings. The van der Waals surface area contributed by atoms with Crippen LogP contribution in [0, 0.1) is 0 Å². The molecule has 0 N–H and O–H groups in total. The first-order valence-corrected chi connectivity index (χ1v) is 7.79. The van der Waals surface area contributed by atoms with Gasteiger partial charge in [0.15, 0.2) is 0 Å². The lowest BCUT2D eigenvalue weighted by Crippen LogP contribution is -2.62. The molecule has 0 spiro atoms. The molecule has 21 heavy (non-hydrogen) atoms. The molecule has 0 aromatic heterocycles. The average molecular weight is 301 g/mol. The van der Waals surface area contributed by atoms with E-state index in [2.05, 4.69) is 48.5 Å². The monoisotopic (exact) mass is 301 g/mol. The zero-order valence-corrected chi connectivity index (χ0v) is 14.7. The second-order valence-corrected chi connectivity index (χ2v) is 8.25. The van der Waals surface area contributed by atoms with E-state index >= 15 is 0 Å². The molecule has 2 aliphatic heterocycles. The minimum atomic E-state index is -0.531. The fourth-order valence-electron chi connectivity index (χ4n) is 3.02. The van der Waals surface area contributed by atoms with Crippen LogP contribution in [-0.4, -0.2) is 60.4 Å². The lowest BCUT2D eigenvalue weighted by atomic mass is 9.91. The predicted molar refractivity (Wildman–Crippen MR) is 81.1 cm³/mol. The Morgan fingerprint density at radius 3 is 2.29 bits per heavy atom. The zero-order chi connectivity index (χ0) is 16.1. The maximum atomic E-state index is 6.35. The minimum absolute atomic E-state index is 0.0495. The number of hydroxylamine groups is 2. The number of fused-ring (bicyclic) bond motifs is 2. The maximum Gasteiger partial charge on any atom is 0.145 e. The summed E-state index contributed by atoms with van der Waals surface area (Å²) in [6.07, 6.45) is -0.0120. The summed E-state index contributed by atoms with van der Waals surface area (Å²) >= 11 is 0. The van der Waals surface area contributed by atoms with Gasteiger partial charge in [-0.25, -0.2) is 0 Å². The molecule has 0 saturated carbocycles. The van der Waals surface area contributed by atoms with Crippen LogP contribution in [0.1, 0.15) is 48.5 Å². The number of rotatable bonds is 3. The summed E-state index contributed by atoms with van der Waals surface area (Å²) in [6.45, 7) is 15.4. The largest absolute Gasteiger partial charge is 0.373 e. The Bertz CT molecular complexity index is 373. The first-order valence-electron chi connectivity index (χ1n) is 7.79. The fraction of sp³-hybridized carbons (Fsp3) is 1.00. The molecule has 2 aliphatic rings. The molecule has 1 unspecified atom stereocenters. The minimum Gasteiger partial charge on any atom is -0.373 e. The summed E-state index contributed by atoms with van der Waals surface area (Å²) in [5.74, 6) is 0. The van der Waals surface area contributed by atoms with Gasteiger partial charge in [0.1, 0.15) is 18.3 Å². The molecule has 5 nitrogen and oxygen atoms in total. The van der Waals surface area contributed by atoms with Crippen molar-refractivity contribution in [1.82, 2.24) is 5.06 Å². The molecule has 0 amide bonds. The molecule has 2 saturated heterocycles. The Morgan fingerprint density at radius 1 is 1.14 bits per heavy atom. The van der Waals surface area contributed by atoms with Gasteiger partial charge in [0.05, 0.1) is 30.0 Å². The second kappa shape index (κ2) is 5.46. The highest BCUT2D eigenvalue weighted by atomic mass is 16.7. The predicted octanol–water partition coefficient (Wildman–Crippen LogP) is 2.39. The maximum absolute atomic E-state index is 6.35. The van der Waals surface area contributed by atoms with E-state index in [9.17, 15) is 0 Å². The highest BCUT2D eigenvalue weighted by Crippen LogP contribution is 2.42. The Kier molecular flexibility index (Phi) is 4.46. The fourth-order valence-corrected chi connectivity index (χ4v) is 3.02. The molecule has 124 valence electrons. The Morgan fingerprint density at radius 2 is 1.76 bits per heavy atom. The van der Waals surface area contributed by atoms with Crippen LogP contribution in [0.4, 0.5) is 0 Å². The highest BCUT2D eigenvalue weighted by molar-refractivity contribution is 5.08. The summed E-state index contributed by atoms with van der Waals surface area (Å²) in [6, 6.07) is 0.0848. The Labute approximate surface area is 128 Å². The van der Waals surface area contributed by atoms with Crippen LogP contribution < -0.4 is 0 Å². The molecule has 2 rings (SSSR count). The van der Waals surface area contributed by atoms with Gasteiger partial charge in [-0.05, 0) is 48.5 Å². The highest BCUT2D eigenvalue weighted by Gasteiger charge is 2.61. The number of hydrogen-bond acceptors (Lipinski definition) is 5. The molecular weight excluding hydrogens is 270 g/mol. The van der Waals surface area contributed by atoms with Crippen LogP contribution in [0.5, 0.6) is 0 Å². The van der Waals surface area contributed by atoms with Gasteiger partial charge >= 0.3 is 0 Å². The molecule has 4 atom stereocenters. The van der Waals surface area contributed by atoms with Gasteiger partial charge in [-0.15, -0.1) is 0 Å². The van der Waals surface area contributed by atoms with Gasteiger partial charge < -0.3 is 14.2 Å². The summed E-state index contributed by atoms with van der Waals surface area (Å²) in [7, 11) is 1.95. The van der Waals surface area contributed by atoms with E-state index in [0.29, 0.717) is 13.2 Å².